The van der Waals surface area contributed by atoms with Crippen LogP contribution in [0.3, 0.4) is 0 Å². The molecule has 2 aromatic carbocycles. The van der Waals surface area contributed by atoms with E-state index in [0.717, 1.165) is 35.1 Å². The smallest absolute Gasteiger partial charge is 0.123 e. The third kappa shape index (κ3) is 7.57. The van der Waals surface area contributed by atoms with Crippen LogP contribution in [0.2, 0.25) is 0 Å². The maximum absolute atomic E-state index is 11.9. The fraction of sp³-hybridized carbons (Fsp3) is 0.667. The van der Waals surface area contributed by atoms with E-state index >= 15 is 0 Å². The molecule has 2 aromatic rings. The molecule has 2 heteroatoms. The van der Waals surface area contributed by atoms with Gasteiger partial charge in [0.05, 0.1) is 0 Å². The van der Waals surface area contributed by atoms with Gasteiger partial charge in [0.25, 0.3) is 0 Å². The van der Waals surface area contributed by atoms with E-state index in [1.54, 1.807) is 0 Å². The molecule has 0 amide bonds. The molecule has 0 heterocycles. The largest absolute Gasteiger partial charge is 0.507 e. The number of benzene rings is 2. The van der Waals surface area contributed by atoms with E-state index in [2.05, 4.69) is 128 Å². The monoisotopic (exact) mass is 522 g/mol. The van der Waals surface area contributed by atoms with Gasteiger partial charge in [-0.15, -0.1) is 0 Å². The predicted molar refractivity (Wildman–Crippen MR) is 166 cm³/mol. The standard InChI is InChI=1S/C36H58O2/c1-22(2)16-23(3)17-26(27-18-24(33(4,5)6)20-29(31(27)37)35(10,11)12)28-19-25(34(7,8)9)21-30(32(28)38)36(13,14)15/h18-23,26,37-38H,16-17H2,1-15H3. The van der Waals surface area contributed by atoms with Crippen molar-refractivity contribution in [2.45, 2.75) is 144 Å². The molecule has 0 spiro atoms. The Hall–Kier alpha value is -1.96. The summed E-state index contributed by atoms with van der Waals surface area (Å²) in [6.45, 7) is 33.3. The topological polar surface area (TPSA) is 40.5 Å². The Bertz CT molecular complexity index is 1030. The van der Waals surface area contributed by atoms with Gasteiger partial charge in [-0.1, -0.05) is 128 Å². The minimum Gasteiger partial charge on any atom is -0.507 e. The zero-order valence-electron chi connectivity index (χ0n) is 27.4. The van der Waals surface area contributed by atoms with Crippen LogP contribution in [-0.4, -0.2) is 10.2 Å². The molecular weight excluding hydrogens is 464 g/mol. The summed E-state index contributed by atoms with van der Waals surface area (Å²) in [5.41, 5.74) is 5.73. The lowest BCUT2D eigenvalue weighted by Crippen LogP contribution is -2.21. The number of hydrogen-bond donors (Lipinski definition) is 2. The van der Waals surface area contributed by atoms with E-state index in [9.17, 15) is 10.2 Å². The van der Waals surface area contributed by atoms with Crippen LogP contribution in [0, 0.1) is 11.8 Å². The number of phenolic OH excluding ortho intramolecular Hbond substituents is 2. The van der Waals surface area contributed by atoms with Crippen LogP contribution in [0.4, 0.5) is 0 Å². The molecule has 2 rings (SSSR count). The van der Waals surface area contributed by atoms with E-state index in [1.807, 2.05) is 0 Å². The lowest BCUT2D eigenvalue weighted by Gasteiger charge is -2.33. The van der Waals surface area contributed by atoms with Crippen molar-refractivity contribution in [1.29, 1.82) is 0 Å². The van der Waals surface area contributed by atoms with E-state index in [1.165, 1.54) is 11.1 Å². The highest BCUT2D eigenvalue weighted by atomic mass is 16.3. The lowest BCUT2D eigenvalue weighted by atomic mass is 9.72. The molecular formula is C36H58O2. The predicted octanol–water partition coefficient (Wildman–Crippen LogP) is 10.5. The number of aromatic hydroxyl groups is 2. The molecule has 2 N–H and O–H groups in total. The number of rotatable bonds is 6. The second kappa shape index (κ2) is 10.9. The lowest BCUT2D eigenvalue weighted by molar-refractivity contribution is 0.380. The van der Waals surface area contributed by atoms with Crippen molar-refractivity contribution in [2.75, 3.05) is 0 Å². The Morgan fingerprint density at radius 2 is 0.868 bits per heavy atom. The summed E-state index contributed by atoms with van der Waals surface area (Å²) < 4.78 is 0. The van der Waals surface area contributed by atoms with E-state index in [0.29, 0.717) is 23.3 Å². The van der Waals surface area contributed by atoms with Crippen LogP contribution in [0.25, 0.3) is 0 Å². The summed E-state index contributed by atoms with van der Waals surface area (Å²) in [5.74, 6) is 1.67. The summed E-state index contributed by atoms with van der Waals surface area (Å²) in [5, 5.41) is 23.8. The molecule has 0 aliphatic carbocycles. The third-order valence-electron chi connectivity index (χ3n) is 7.89. The zero-order chi connectivity index (χ0) is 29.6. The molecule has 0 bridgehead atoms. The highest BCUT2D eigenvalue weighted by Crippen LogP contribution is 2.49. The molecule has 214 valence electrons. The maximum atomic E-state index is 11.9. The van der Waals surface area contributed by atoms with Gasteiger partial charge >= 0.3 is 0 Å². The van der Waals surface area contributed by atoms with Crippen LogP contribution in [0.15, 0.2) is 24.3 Å². The quantitative estimate of drug-likeness (QED) is 0.396. The van der Waals surface area contributed by atoms with Crippen molar-refractivity contribution < 1.29 is 10.2 Å². The summed E-state index contributed by atoms with van der Waals surface area (Å²) in [6, 6.07) is 8.83. The first-order chi connectivity index (χ1) is 16.9. The fourth-order valence-electron chi connectivity index (χ4n) is 5.58. The molecule has 2 nitrogen and oxygen atoms in total. The summed E-state index contributed by atoms with van der Waals surface area (Å²) >= 11 is 0. The Morgan fingerprint density at radius 1 is 0.526 bits per heavy atom. The van der Waals surface area contributed by atoms with Gasteiger partial charge in [-0.25, -0.2) is 0 Å². The summed E-state index contributed by atoms with van der Waals surface area (Å²) in [7, 11) is 0. The molecule has 0 aliphatic heterocycles. The fourth-order valence-corrected chi connectivity index (χ4v) is 5.58. The maximum Gasteiger partial charge on any atom is 0.123 e. The first kappa shape index (κ1) is 32.3. The number of phenols is 2. The third-order valence-corrected chi connectivity index (χ3v) is 7.89. The van der Waals surface area contributed by atoms with Crippen LogP contribution in [0.1, 0.15) is 156 Å². The van der Waals surface area contributed by atoms with Gasteiger partial charge in [0.2, 0.25) is 0 Å². The van der Waals surface area contributed by atoms with E-state index in [-0.39, 0.29) is 27.6 Å². The van der Waals surface area contributed by atoms with Gasteiger partial charge < -0.3 is 10.2 Å². The van der Waals surface area contributed by atoms with Gasteiger partial charge in [-0.2, -0.15) is 0 Å². The summed E-state index contributed by atoms with van der Waals surface area (Å²) in [4.78, 5) is 0. The van der Waals surface area contributed by atoms with Gasteiger partial charge in [0, 0.05) is 17.0 Å². The Labute approximate surface area is 235 Å². The van der Waals surface area contributed by atoms with Crippen molar-refractivity contribution in [1.82, 2.24) is 0 Å². The Balaban J connectivity index is 3.04. The van der Waals surface area contributed by atoms with Crippen LogP contribution < -0.4 is 0 Å². The number of hydrogen-bond acceptors (Lipinski definition) is 2. The molecule has 1 unspecified atom stereocenters. The van der Waals surface area contributed by atoms with Gasteiger partial charge in [-0.05, 0) is 68.6 Å². The normalized spacial score (nSPS) is 14.4. The molecule has 0 fully saturated rings. The highest BCUT2D eigenvalue weighted by molar-refractivity contribution is 5.57. The van der Waals surface area contributed by atoms with Crippen LogP contribution >= 0.6 is 0 Å². The Morgan fingerprint density at radius 3 is 1.13 bits per heavy atom. The minimum absolute atomic E-state index is 0.0670. The van der Waals surface area contributed by atoms with Crippen LogP contribution in [-0.2, 0) is 21.7 Å². The van der Waals surface area contributed by atoms with E-state index in [4.69, 9.17) is 0 Å². The van der Waals surface area contributed by atoms with Crippen molar-refractivity contribution >= 4 is 0 Å². The summed E-state index contributed by atoms with van der Waals surface area (Å²) in [6.07, 6.45) is 1.97. The zero-order valence-corrected chi connectivity index (χ0v) is 27.4. The van der Waals surface area contributed by atoms with Gasteiger partial charge in [0.1, 0.15) is 11.5 Å². The molecule has 0 saturated heterocycles. The van der Waals surface area contributed by atoms with Crippen molar-refractivity contribution in [2.24, 2.45) is 11.8 Å². The molecule has 0 radical (unpaired) electrons. The molecule has 38 heavy (non-hydrogen) atoms. The van der Waals surface area contributed by atoms with Gasteiger partial charge in [0.15, 0.2) is 0 Å². The average Bonchev–Trinajstić information content (AvgIpc) is 2.68. The highest BCUT2D eigenvalue weighted by Gasteiger charge is 2.33. The molecule has 0 aromatic heterocycles. The first-order valence-corrected chi connectivity index (χ1v) is 14.7. The van der Waals surface area contributed by atoms with Gasteiger partial charge in [-0.3, -0.25) is 0 Å². The molecule has 1 atom stereocenters. The van der Waals surface area contributed by atoms with Crippen molar-refractivity contribution in [3.8, 4) is 11.5 Å². The van der Waals surface area contributed by atoms with Crippen molar-refractivity contribution in [3.63, 3.8) is 0 Å². The molecule has 0 saturated carbocycles. The van der Waals surface area contributed by atoms with Crippen molar-refractivity contribution in [3.05, 3.63) is 57.6 Å². The molecule has 0 aliphatic rings. The second-order valence-electron chi connectivity index (χ2n) is 16.4. The Kier molecular flexibility index (Phi) is 9.25. The van der Waals surface area contributed by atoms with Crippen LogP contribution in [0.5, 0.6) is 11.5 Å². The average molecular weight is 523 g/mol. The van der Waals surface area contributed by atoms with E-state index < -0.39 is 0 Å². The SMILES string of the molecule is CC(C)CC(C)CC(c1cc(C(C)(C)C)cc(C(C)(C)C)c1O)c1cc(C(C)(C)C)cc(C(C)(C)C)c1O. The first-order valence-electron chi connectivity index (χ1n) is 14.7. The second-order valence-corrected chi connectivity index (χ2v) is 16.4. The minimum atomic E-state index is -0.208.